The normalized spacial score (nSPS) is 13.4. The third-order valence-electron chi connectivity index (χ3n) is 1.67. The minimum absolute atomic E-state index is 0.267. The number of hydrogen-bond acceptors (Lipinski definition) is 2. The van der Waals surface area contributed by atoms with Crippen LogP contribution in [0.5, 0.6) is 0 Å². The molecule has 17 heavy (non-hydrogen) atoms. The molecule has 0 unspecified atom stereocenters. The molecular weight excluding hydrogens is 338 g/mol. The van der Waals surface area contributed by atoms with E-state index in [1.54, 1.807) is 0 Å². The van der Waals surface area contributed by atoms with Crippen LogP contribution in [0.2, 0.25) is 0 Å². The monoisotopic (exact) mass is 342 g/mol. The molecule has 0 aliphatic carbocycles. The highest BCUT2D eigenvalue weighted by atomic mass is 79.9. The Bertz CT molecular complexity index is 357. The van der Waals surface area contributed by atoms with Gasteiger partial charge in [0.25, 0.3) is 0 Å². The van der Waals surface area contributed by atoms with E-state index in [2.05, 4.69) is 20.7 Å². The molecule has 1 rings (SSSR count). The average molecular weight is 343 g/mol. The maximum absolute atomic E-state index is 12.1. The second kappa shape index (κ2) is 5.15. The molecule has 0 radical (unpaired) electrons. The van der Waals surface area contributed by atoms with Gasteiger partial charge in [-0.25, -0.2) is 0 Å². The van der Waals surface area contributed by atoms with Gasteiger partial charge in [-0.15, -0.1) is 11.3 Å². The molecule has 1 aromatic rings. The Kier molecular flexibility index (Phi) is 4.48. The summed E-state index contributed by atoms with van der Waals surface area (Å²) in [6.07, 6.45) is -14.7. The summed E-state index contributed by atoms with van der Waals surface area (Å²) in [6.45, 7) is -0.748. The minimum atomic E-state index is -5.47. The van der Waals surface area contributed by atoms with Crippen molar-refractivity contribution in [2.45, 2.75) is 25.1 Å². The summed E-state index contributed by atoms with van der Waals surface area (Å²) in [4.78, 5) is 0.267. The van der Waals surface area contributed by atoms with Crippen LogP contribution in [0, 0.1) is 0 Å². The standard InChI is InChI=1S/C8H5BrF6OS/c9-4-1-2-17-5(4)3-16-6(7(10,11)12)8(13,14)15/h1-2,6H,3H2. The fourth-order valence-corrected chi connectivity index (χ4v) is 2.35. The molecule has 1 nitrogen and oxygen atoms in total. The zero-order valence-electron chi connectivity index (χ0n) is 7.90. The molecule has 0 aliphatic heterocycles. The van der Waals surface area contributed by atoms with Crippen molar-refractivity contribution in [1.29, 1.82) is 0 Å². The first-order valence-electron chi connectivity index (χ1n) is 4.09. The van der Waals surface area contributed by atoms with Crippen LogP contribution in [0.1, 0.15) is 4.88 Å². The molecule has 0 fully saturated rings. The van der Waals surface area contributed by atoms with E-state index in [1.165, 1.54) is 11.4 Å². The van der Waals surface area contributed by atoms with Crippen molar-refractivity contribution < 1.29 is 31.1 Å². The molecule has 1 heterocycles. The maximum atomic E-state index is 12.1. The first kappa shape index (κ1) is 14.8. The molecule has 0 spiro atoms. The van der Waals surface area contributed by atoms with Crippen LogP contribution in [-0.2, 0) is 11.3 Å². The molecule has 0 bridgehead atoms. The maximum Gasteiger partial charge on any atom is 0.423 e. The van der Waals surface area contributed by atoms with E-state index in [1.807, 2.05) is 0 Å². The summed E-state index contributed by atoms with van der Waals surface area (Å²) in [5.41, 5.74) is 0. The molecule has 0 saturated heterocycles. The Labute approximate surface area is 105 Å². The Morgan fingerprint density at radius 3 is 2.06 bits per heavy atom. The van der Waals surface area contributed by atoms with Gasteiger partial charge in [0.15, 0.2) is 0 Å². The van der Waals surface area contributed by atoms with Crippen molar-refractivity contribution in [3.05, 3.63) is 20.8 Å². The average Bonchev–Trinajstić information content (AvgIpc) is 2.47. The van der Waals surface area contributed by atoms with Crippen LogP contribution in [0.3, 0.4) is 0 Å². The van der Waals surface area contributed by atoms with Crippen LogP contribution in [0.15, 0.2) is 15.9 Å². The fraction of sp³-hybridized carbons (Fsp3) is 0.500. The summed E-state index contributed by atoms with van der Waals surface area (Å²) in [5.74, 6) is 0. The van der Waals surface area contributed by atoms with E-state index in [0.29, 0.717) is 4.47 Å². The lowest BCUT2D eigenvalue weighted by atomic mass is 10.3. The highest BCUT2D eigenvalue weighted by molar-refractivity contribution is 9.10. The van der Waals surface area contributed by atoms with Gasteiger partial charge < -0.3 is 4.74 Å². The Balaban J connectivity index is 2.73. The van der Waals surface area contributed by atoms with E-state index in [4.69, 9.17) is 0 Å². The van der Waals surface area contributed by atoms with Crippen molar-refractivity contribution >= 4 is 27.3 Å². The van der Waals surface area contributed by atoms with E-state index in [-0.39, 0.29) is 4.88 Å². The summed E-state index contributed by atoms with van der Waals surface area (Å²) < 4.78 is 76.9. The van der Waals surface area contributed by atoms with Gasteiger partial charge in [-0.1, -0.05) is 0 Å². The quantitative estimate of drug-likeness (QED) is 0.734. The second-order valence-corrected chi connectivity index (χ2v) is 4.82. The Morgan fingerprint density at radius 1 is 1.18 bits per heavy atom. The van der Waals surface area contributed by atoms with Crippen LogP contribution in [-0.4, -0.2) is 18.5 Å². The van der Waals surface area contributed by atoms with Crippen molar-refractivity contribution in [2.75, 3.05) is 0 Å². The van der Waals surface area contributed by atoms with Crippen LogP contribution in [0.25, 0.3) is 0 Å². The molecule has 0 atom stereocenters. The zero-order chi connectivity index (χ0) is 13.3. The van der Waals surface area contributed by atoms with Crippen LogP contribution >= 0.6 is 27.3 Å². The lowest BCUT2D eigenvalue weighted by Gasteiger charge is -2.22. The number of hydrogen-bond donors (Lipinski definition) is 0. The molecule has 0 aromatic carbocycles. The van der Waals surface area contributed by atoms with Gasteiger partial charge in [-0.05, 0) is 27.4 Å². The number of halogens is 7. The van der Waals surface area contributed by atoms with E-state index in [9.17, 15) is 26.3 Å². The van der Waals surface area contributed by atoms with Gasteiger partial charge in [0.1, 0.15) is 0 Å². The molecule has 1 aromatic heterocycles. The van der Waals surface area contributed by atoms with Crippen molar-refractivity contribution in [1.82, 2.24) is 0 Å². The molecule has 0 amide bonds. The molecular formula is C8H5BrF6OS. The number of rotatable bonds is 3. The van der Waals surface area contributed by atoms with E-state index >= 15 is 0 Å². The zero-order valence-corrected chi connectivity index (χ0v) is 10.3. The minimum Gasteiger partial charge on any atom is -0.355 e. The molecule has 98 valence electrons. The smallest absolute Gasteiger partial charge is 0.355 e. The predicted molar refractivity (Wildman–Crippen MR) is 52.7 cm³/mol. The molecule has 0 N–H and O–H groups in total. The lowest BCUT2D eigenvalue weighted by Crippen LogP contribution is -2.44. The molecule has 9 heteroatoms. The van der Waals surface area contributed by atoms with Crippen molar-refractivity contribution in [3.8, 4) is 0 Å². The summed E-state index contributed by atoms with van der Waals surface area (Å²) >= 11 is 3.99. The largest absolute Gasteiger partial charge is 0.423 e. The fourth-order valence-electron chi connectivity index (χ4n) is 0.962. The number of ether oxygens (including phenoxy) is 1. The number of thiophene rings is 1. The topological polar surface area (TPSA) is 9.23 Å². The van der Waals surface area contributed by atoms with Gasteiger partial charge in [-0.3, -0.25) is 0 Å². The second-order valence-electron chi connectivity index (χ2n) is 2.97. The summed E-state index contributed by atoms with van der Waals surface area (Å²) in [5, 5.41) is 1.53. The first-order valence-corrected chi connectivity index (χ1v) is 5.76. The van der Waals surface area contributed by atoms with Gasteiger partial charge in [0.05, 0.1) is 6.61 Å². The van der Waals surface area contributed by atoms with E-state index in [0.717, 1.165) is 11.3 Å². The van der Waals surface area contributed by atoms with Gasteiger partial charge >= 0.3 is 12.4 Å². The Morgan fingerprint density at radius 2 is 1.71 bits per heavy atom. The van der Waals surface area contributed by atoms with Gasteiger partial charge in [0, 0.05) is 9.35 Å². The highest BCUT2D eigenvalue weighted by Gasteiger charge is 2.58. The van der Waals surface area contributed by atoms with Crippen molar-refractivity contribution in [2.24, 2.45) is 0 Å². The van der Waals surface area contributed by atoms with Gasteiger partial charge in [-0.2, -0.15) is 26.3 Å². The lowest BCUT2D eigenvalue weighted by molar-refractivity contribution is -0.324. The van der Waals surface area contributed by atoms with Crippen LogP contribution in [0.4, 0.5) is 26.3 Å². The number of alkyl halides is 6. The summed E-state index contributed by atoms with van der Waals surface area (Å²) in [7, 11) is 0. The highest BCUT2D eigenvalue weighted by Crippen LogP contribution is 2.37. The third-order valence-corrected chi connectivity index (χ3v) is 3.57. The molecule has 0 saturated carbocycles. The van der Waals surface area contributed by atoms with Crippen LogP contribution < -0.4 is 0 Å². The van der Waals surface area contributed by atoms with Crippen molar-refractivity contribution in [3.63, 3.8) is 0 Å². The van der Waals surface area contributed by atoms with E-state index < -0.39 is 25.1 Å². The first-order chi connectivity index (χ1) is 7.62. The molecule has 0 aliphatic rings. The summed E-state index contributed by atoms with van der Waals surface area (Å²) in [6, 6.07) is 1.51. The SMILES string of the molecule is FC(F)(F)C(OCc1sccc1Br)C(F)(F)F. The predicted octanol–water partition coefficient (Wildman–Crippen LogP) is 4.52. The van der Waals surface area contributed by atoms with Gasteiger partial charge in [0.2, 0.25) is 6.10 Å². The third kappa shape index (κ3) is 4.14. The Hall–Kier alpha value is -0.280.